The second-order valence-corrected chi connectivity index (χ2v) is 8.55. The Morgan fingerprint density at radius 3 is 2.66 bits per heavy atom. The summed E-state index contributed by atoms with van der Waals surface area (Å²) in [5, 5.41) is 0. The first-order valence-electron chi connectivity index (χ1n) is 11.1. The first-order valence-corrected chi connectivity index (χ1v) is 11.1. The lowest BCUT2D eigenvalue weighted by Crippen LogP contribution is -2.43. The number of para-hydroxylation sites is 2. The Kier molecular flexibility index (Phi) is 5.61. The van der Waals surface area contributed by atoms with E-state index in [1.807, 2.05) is 54.1 Å². The number of aromatic nitrogens is 2. The van der Waals surface area contributed by atoms with Gasteiger partial charge in [-0.15, -0.1) is 0 Å². The van der Waals surface area contributed by atoms with Gasteiger partial charge in [0.15, 0.2) is 11.5 Å². The number of H-pyrrole nitrogens is 1. The van der Waals surface area contributed by atoms with Gasteiger partial charge in [0.1, 0.15) is 13.2 Å². The van der Waals surface area contributed by atoms with E-state index in [9.17, 15) is 9.59 Å². The number of likely N-dealkylation sites (tertiary alicyclic amines) is 1. The Bertz CT molecular complexity index is 1180. The van der Waals surface area contributed by atoms with Crippen molar-refractivity contribution in [3.05, 3.63) is 58.5 Å². The number of aromatic amines is 1. The quantitative estimate of drug-likeness (QED) is 0.664. The molecule has 1 aromatic heterocycles. The predicted octanol–water partition coefficient (Wildman–Crippen LogP) is 2.40. The Morgan fingerprint density at radius 2 is 1.84 bits per heavy atom. The fraction of sp³-hybridized carbons (Fsp3) is 0.417. The van der Waals surface area contributed by atoms with E-state index in [1.165, 1.54) is 0 Å². The number of hydrogen-bond acceptors (Lipinski definition) is 5. The van der Waals surface area contributed by atoms with Crippen molar-refractivity contribution in [2.24, 2.45) is 0 Å². The molecule has 0 bridgehead atoms. The van der Waals surface area contributed by atoms with Crippen LogP contribution in [-0.2, 0) is 11.3 Å². The molecular weight excluding hydrogens is 408 g/mol. The van der Waals surface area contributed by atoms with Crippen LogP contribution < -0.4 is 15.2 Å². The van der Waals surface area contributed by atoms with E-state index in [4.69, 9.17) is 9.47 Å². The summed E-state index contributed by atoms with van der Waals surface area (Å²) in [5.74, 6) is 1.58. The molecule has 8 nitrogen and oxygen atoms in total. The monoisotopic (exact) mass is 436 g/mol. The van der Waals surface area contributed by atoms with E-state index in [2.05, 4.69) is 9.88 Å². The van der Waals surface area contributed by atoms with Crippen LogP contribution in [0.3, 0.4) is 0 Å². The summed E-state index contributed by atoms with van der Waals surface area (Å²) in [6.45, 7) is 3.61. The zero-order chi connectivity index (χ0) is 22.1. The Balaban J connectivity index is 1.16. The first-order chi connectivity index (χ1) is 15.6. The highest BCUT2D eigenvalue weighted by Crippen LogP contribution is 2.31. The average Bonchev–Trinajstić information content (AvgIpc) is 3.15. The van der Waals surface area contributed by atoms with Gasteiger partial charge in [-0.2, -0.15) is 0 Å². The van der Waals surface area contributed by atoms with Gasteiger partial charge in [-0.1, -0.05) is 18.2 Å². The standard InChI is InChI=1S/C24H28N4O4/c1-26(15-17-6-7-21-22(14-17)32-13-12-31-21)23(29)16-27-10-8-18(9-11-27)28-20-5-3-2-4-19(20)25-24(28)30/h2-7,14,18H,8-13,15-16H2,1H3,(H,25,30). The number of benzene rings is 2. The summed E-state index contributed by atoms with van der Waals surface area (Å²) in [6.07, 6.45) is 1.70. The van der Waals surface area contributed by atoms with Crippen molar-refractivity contribution in [3.8, 4) is 11.5 Å². The minimum atomic E-state index is -0.0557. The molecule has 0 aliphatic carbocycles. The molecule has 1 N–H and O–H groups in total. The maximum atomic E-state index is 12.8. The summed E-state index contributed by atoms with van der Waals surface area (Å²) in [4.78, 5) is 32.1. The molecule has 0 saturated carbocycles. The van der Waals surface area contributed by atoms with Gasteiger partial charge in [0, 0.05) is 32.7 Å². The summed E-state index contributed by atoms with van der Waals surface area (Å²) in [5.41, 5.74) is 2.78. The van der Waals surface area contributed by atoms with E-state index in [0.29, 0.717) is 26.3 Å². The summed E-state index contributed by atoms with van der Waals surface area (Å²) >= 11 is 0. The smallest absolute Gasteiger partial charge is 0.326 e. The van der Waals surface area contributed by atoms with Crippen LogP contribution >= 0.6 is 0 Å². The van der Waals surface area contributed by atoms with Crippen molar-refractivity contribution in [2.75, 3.05) is 39.9 Å². The van der Waals surface area contributed by atoms with Crippen LogP contribution in [-0.4, -0.2) is 65.2 Å². The molecule has 1 saturated heterocycles. The molecule has 32 heavy (non-hydrogen) atoms. The Morgan fingerprint density at radius 1 is 1.09 bits per heavy atom. The van der Waals surface area contributed by atoms with Gasteiger partial charge in [0.05, 0.1) is 17.6 Å². The second-order valence-electron chi connectivity index (χ2n) is 8.55. The van der Waals surface area contributed by atoms with Crippen LogP contribution in [0.25, 0.3) is 11.0 Å². The minimum Gasteiger partial charge on any atom is -0.486 e. The molecule has 5 rings (SSSR count). The number of nitrogens with one attached hydrogen (secondary N) is 1. The van der Waals surface area contributed by atoms with E-state index in [0.717, 1.165) is 54.0 Å². The molecule has 0 unspecified atom stereocenters. The highest BCUT2D eigenvalue weighted by Gasteiger charge is 2.25. The van der Waals surface area contributed by atoms with Gasteiger partial charge in [0.25, 0.3) is 0 Å². The summed E-state index contributed by atoms with van der Waals surface area (Å²) in [6, 6.07) is 13.8. The van der Waals surface area contributed by atoms with Crippen LogP contribution in [0.5, 0.6) is 11.5 Å². The third kappa shape index (κ3) is 4.10. The molecule has 1 amide bonds. The number of carbonyl (C=O) groups is 1. The average molecular weight is 437 g/mol. The maximum Gasteiger partial charge on any atom is 0.326 e. The van der Waals surface area contributed by atoms with E-state index < -0.39 is 0 Å². The maximum absolute atomic E-state index is 12.8. The van der Waals surface area contributed by atoms with Crippen molar-refractivity contribution in [1.82, 2.24) is 19.4 Å². The van der Waals surface area contributed by atoms with Gasteiger partial charge in [-0.3, -0.25) is 14.3 Å². The van der Waals surface area contributed by atoms with Crippen molar-refractivity contribution in [3.63, 3.8) is 0 Å². The molecule has 8 heteroatoms. The molecule has 2 aliphatic rings. The van der Waals surface area contributed by atoms with Crippen LogP contribution in [0.4, 0.5) is 0 Å². The molecule has 168 valence electrons. The lowest BCUT2D eigenvalue weighted by Gasteiger charge is -2.33. The van der Waals surface area contributed by atoms with Crippen LogP contribution in [0.1, 0.15) is 24.4 Å². The number of amides is 1. The number of nitrogens with zero attached hydrogens (tertiary/aromatic N) is 3. The van der Waals surface area contributed by atoms with Gasteiger partial charge in [-0.05, 0) is 42.7 Å². The number of ether oxygens (including phenoxy) is 2. The lowest BCUT2D eigenvalue weighted by molar-refractivity contribution is -0.132. The molecule has 3 heterocycles. The zero-order valence-corrected chi connectivity index (χ0v) is 18.3. The fourth-order valence-corrected chi connectivity index (χ4v) is 4.63. The number of hydrogen-bond donors (Lipinski definition) is 1. The normalized spacial score (nSPS) is 16.9. The summed E-state index contributed by atoms with van der Waals surface area (Å²) in [7, 11) is 1.83. The van der Waals surface area contributed by atoms with E-state index in [-0.39, 0.29) is 17.6 Å². The number of carbonyl (C=O) groups excluding carboxylic acids is 1. The van der Waals surface area contributed by atoms with Crippen molar-refractivity contribution in [1.29, 1.82) is 0 Å². The fourth-order valence-electron chi connectivity index (χ4n) is 4.63. The molecule has 0 radical (unpaired) electrons. The minimum absolute atomic E-state index is 0.0557. The molecule has 0 atom stereocenters. The van der Waals surface area contributed by atoms with Gasteiger partial charge in [-0.25, -0.2) is 4.79 Å². The van der Waals surface area contributed by atoms with Crippen molar-refractivity contribution < 1.29 is 14.3 Å². The van der Waals surface area contributed by atoms with Gasteiger partial charge in [0.2, 0.25) is 5.91 Å². The molecular formula is C24H28N4O4. The third-order valence-corrected chi connectivity index (χ3v) is 6.36. The Hall–Kier alpha value is -3.26. The topological polar surface area (TPSA) is 79.8 Å². The Labute approximate surface area is 186 Å². The third-order valence-electron chi connectivity index (χ3n) is 6.36. The van der Waals surface area contributed by atoms with E-state index in [1.54, 1.807) is 4.90 Å². The van der Waals surface area contributed by atoms with Crippen molar-refractivity contribution in [2.45, 2.75) is 25.4 Å². The first kappa shape index (κ1) is 20.6. The van der Waals surface area contributed by atoms with Crippen LogP contribution in [0, 0.1) is 0 Å². The van der Waals surface area contributed by atoms with Gasteiger partial charge < -0.3 is 19.4 Å². The van der Waals surface area contributed by atoms with Gasteiger partial charge >= 0.3 is 5.69 Å². The molecule has 2 aromatic carbocycles. The highest BCUT2D eigenvalue weighted by atomic mass is 16.6. The molecule has 1 fully saturated rings. The largest absolute Gasteiger partial charge is 0.486 e. The molecule has 2 aliphatic heterocycles. The second kappa shape index (κ2) is 8.70. The number of fused-ring (bicyclic) bond motifs is 2. The predicted molar refractivity (Wildman–Crippen MR) is 121 cm³/mol. The highest BCUT2D eigenvalue weighted by molar-refractivity contribution is 5.78. The van der Waals surface area contributed by atoms with E-state index >= 15 is 0 Å². The summed E-state index contributed by atoms with van der Waals surface area (Å²) < 4.78 is 13.1. The van der Waals surface area contributed by atoms with Crippen LogP contribution in [0.2, 0.25) is 0 Å². The SMILES string of the molecule is CN(Cc1ccc2c(c1)OCCO2)C(=O)CN1CCC(n2c(=O)[nH]c3ccccc32)CC1. The number of piperidine rings is 1. The van der Waals surface area contributed by atoms with Crippen LogP contribution in [0.15, 0.2) is 47.3 Å². The molecule has 0 spiro atoms. The zero-order valence-electron chi connectivity index (χ0n) is 18.3. The number of imidazole rings is 1. The molecule has 3 aromatic rings. The number of rotatable bonds is 5. The van der Waals surface area contributed by atoms with Crippen molar-refractivity contribution >= 4 is 16.9 Å². The lowest BCUT2D eigenvalue weighted by atomic mass is 10.0. The number of likely N-dealkylation sites (N-methyl/N-ethyl adjacent to an activating group) is 1.